The standard InChI is InChI=1S/C23H30N2O5S/c1-7-28-17-10-9-16(11-18(17)29-8-2)20-19(22(27)30-12-13(3)4)14(5)24-23-25(20)21(26)15(6)31-23/h9-11,13,15,20H,7-8,12H2,1-6H3. The topological polar surface area (TPSA) is 77.4 Å². The summed E-state index contributed by atoms with van der Waals surface area (Å²) in [4.78, 5) is 32.3. The van der Waals surface area contributed by atoms with E-state index in [2.05, 4.69) is 4.99 Å². The normalized spacial score (nSPS) is 20.7. The average molecular weight is 447 g/mol. The summed E-state index contributed by atoms with van der Waals surface area (Å²) in [6.07, 6.45) is 0. The summed E-state index contributed by atoms with van der Waals surface area (Å²) < 4.78 is 17.0. The van der Waals surface area contributed by atoms with Crippen molar-refractivity contribution in [3.8, 4) is 11.5 Å². The van der Waals surface area contributed by atoms with Gasteiger partial charge in [-0.25, -0.2) is 9.79 Å². The molecule has 2 unspecified atom stereocenters. The number of hydrogen-bond acceptors (Lipinski definition) is 7. The van der Waals surface area contributed by atoms with Crippen molar-refractivity contribution < 1.29 is 23.8 Å². The lowest BCUT2D eigenvalue weighted by Crippen LogP contribution is -2.40. The van der Waals surface area contributed by atoms with Gasteiger partial charge in [0.2, 0.25) is 5.91 Å². The number of thioether (sulfide) groups is 1. The third-order valence-electron chi connectivity index (χ3n) is 4.91. The molecule has 0 bridgehead atoms. The molecular formula is C23H30N2O5S. The first-order valence-electron chi connectivity index (χ1n) is 10.6. The maximum absolute atomic E-state index is 13.1. The van der Waals surface area contributed by atoms with Gasteiger partial charge >= 0.3 is 5.97 Å². The van der Waals surface area contributed by atoms with Crippen LogP contribution < -0.4 is 9.47 Å². The second kappa shape index (κ2) is 9.77. The van der Waals surface area contributed by atoms with Crippen molar-refractivity contribution in [3.05, 3.63) is 35.0 Å². The molecule has 31 heavy (non-hydrogen) atoms. The molecule has 1 amide bonds. The first kappa shape index (κ1) is 23.2. The molecule has 0 aromatic heterocycles. The van der Waals surface area contributed by atoms with Crippen LogP contribution in [-0.4, -0.2) is 47.0 Å². The minimum absolute atomic E-state index is 0.0812. The van der Waals surface area contributed by atoms with Gasteiger partial charge in [0.05, 0.1) is 42.4 Å². The predicted octanol–water partition coefficient (Wildman–Crippen LogP) is 4.33. The number of allylic oxidation sites excluding steroid dienone is 1. The molecule has 1 aromatic rings. The maximum Gasteiger partial charge on any atom is 0.338 e. The van der Waals surface area contributed by atoms with Crippen LogP contribution in [0.1, 0.15) is 53.1 Å². The highest BCUT2D eigenvalue weighted by molar-refractivity contribution is 8.15. The van der Waals surface area contributed by atoms with Gasteiger partial charge in [-0.1, -0.05) is 31.7 Å². The number of nitrogens with zero attached hydrogens (tertiary/aromatic N) is 2. The van der Waals surface area contributed by atoms with Crippen LogP contribution in [0.15, 0.2) is 34.5 Å². The molecule has 1 aromatic carbocycles. The van der Waals surface area contributed by atoms with Gasteiger partial charge in [0.15, 0.2) is 16.7 Å². The fourth-order valence-corrected chi connectivity index (χ4v) is 4.57. The van der Waals surface area contributed by atoms with E-state index in [4.69, 9.17) is 14.2 Å². The highest BCUT2D eigenvalue weighted by Gasteiger charge is 2.46. The lowest BCUT2D eigenvalue weighted by atomic mass is 9.94. The smallest absolute Gasteiger partial charge is 0.338 e. The zero-order valence-electron chi connectivity index (χ0n) is 18.9. The summed E-state index contributed by atoms with van der Waals surface area (Å²) in [5.41, 5.74) is 1.68. The Balaban J connectivity index is 2.10. The Hall–Kier alpha value is -2.48. The molecule has 2 atom stereocenters. The lowest BCUT2D eigenvalue weighted by molar-refractivity contribution is -0.141. The summed E-state index contributed by atoms with van der Waals surface area (Å²) in [5.74, 6) is 0.860. The van der Waals surface area contributed by atoms with E-state index in [-0.39, 0.29) is 17.1 Å². The minimum Gasteiger partial charge on any atom is -0.490 e. The summed E-state index contributed by atoms with van der Waals surface area (Å²) in [5, 5.41) is 0.335. The van der Waals surface area contributed by atoms with Crippen molar-refractivity contribution in [2.45, 2.75) is 52.8 Å². The van der Waals surface area contributed by atoms with Gasteiger partial charge in [0.1, 0.15) is 0 Å². The molecular weight excluding hydrogens is 416 g/mol. The Morgan fingerprint density at radius 3 is 2.52 bits per heavy atom. The molecule has 2 aliphatic rings. The van der Waals surface area contributed by atoms with Crippen molar-refractivity contribution in [3.63, 3.8) is 0 Å². The van der Waals surface area contributed by atoms with Crippen molar-refractivity contribution in [1.29, 1.82) is 0 Å². The van der Waals surface area contributed by atoms with Crippen LogP contribution in [0.4, 0.5) is 0 Å². The van der Waals surface area contributed by atoms with Gasteiger partial charge in [-0.05, 0) is 51.3 Å². The van der Waals surface area contributed by atoms with E-state index in [0.717, 1.165) is 5.56 Å². The quantitative estimate of drug-likeness (QED) is 0.553. The number of amidine groups is 1. The molecule has 2 heterocycles. The number of fused-ring (bicyclic) bond motifs is 1. The number of hydrogen-bond donors (Lipinski definition) is 0. The maximum atomic E-state index is 13.1. The molecule has 0 radical (unpaired) electrons. The number of amides is 1. The highest BCUT2D eigenvalue weighted by atomic mass is 32.2. The number of benzene rings is 1. The van der Waals surface area contributed by atoms with Crippen molar-refractivity contribution in [1.82, 2.24) is 4.90 Å². The van der Waals surface area contributed by atoms with E-state index < -0.39 is 12.0 Å². The van der Waals surface area contributed by atoms with Crippen molar-refractivity contribution >= 4 is 28.8 Å². The van der Waals surface area contributed by atoms with Crippen LogP contribution in [0.2, 0.25) is 0 Å². The molecule has 0 saturated carbocycles. The number of carbonyl (C=O) groups excluding carboxylic acids is 2. The van der Waals surface area contributed by atoms with E-state index in [1.54, 1.807) is 11.8 Å². The fraction of sp³-hybridized carbons (Fsp3) is 0.522. The summed E-state index contributed by atoms with van der Waals surface area (Å²) in [6.45, 7) is 12.7. The molecule has 3 rings (SSSR count). The first-order chi connectivity index (χ1) is 14.8. The molecule has 1 saturated heterocycles. The van der Waals surface area contributed by atoms with Gasteiger partial charge in [-0.2, -0.15) is 0 Å². The highest BCUT2D eigenvalue weighted by Crippen LogP contribution is 2.44. The Bertz CT molecular complexity index is 925. The van der Waals surface area contributed by atoms with E-state index in [9.17, 15) is 9.59 Å². The van der Waals surface area contributed by atoms with E-state index in [1.807, 2.05) is 52.8 Å². The van der Waals surface area contributed by atoms with Crippen LogP contribution in [0, 0.1) is 5.92 Å². The Labute approximate surface area is 187 Å². The molecule has 0 aliphatic carbocycles. The van der Waals surface area contributed by atoms with Crippen molar-refractivity contribution in [2.24, 2.45) is 10.9 Å². The van der Waals surface area contributed by atoms with Crippen LogP contribution in [-0.2, 0) is 14.3 Å². The molecule has 0 spiro atoms. The van der Waals surface area contributed by atoms with Crippen LogP contribution >= 0.6 is 11.8 Å². The third-order valence-corrected chi connectivity index (χ3v) is 5.96. The van der Waals surface area contributed by atoms with Gasteiger partial charge in [-0.3, -0.25) is 9.69 Å². The zero-order valence-corrected chi connectivity index (χ0v) is 19.7. The third kappa shape index (κ3) is 4.74. The lowest BCUT2D eigenvalue weighted by Gasteiger charge is -2.33. The molecule has 1 fully saturated rings. The Morgan fingerprint density at radius 2 is 1.87 bits per heavy atom. The van der Waals surface area contributed by atoms with Crippen molar-refractivity contribution in [2.75, 3.05) is 19.8 Å². The molecule has 168 valence electrons. The number of carbonyl (C=O) groups is 2. The SMILES string of the molecule is CCOc1ccc(C2C(C(=O)OCC(C)C)=C(C)N=C3SC(C)C(=O)N32)cc1OCC. The number of ether oxygens (including phenoxy) is 3. The second-order valence-electron chi connectivity index (χ2n) is 7.83. The monoisotopic (exact) mass is 446 g/mol. The molecule has 8 heteroatoms. The number of rotatable bonds is 8. The first-order valence-corrected chi connectivity index (χ1v) is 11.5. The number of esters is 1. The predicted molar refractivity (Wildman–Crippen MR) is 121 cm³/mol. The molecule has 0 N–H and O–H groups in total. The average Bonchev–Trinajstić information content (AvgIpc) is 3.00. The second-order valence-corrected chi connectivity index (χ2v) is 9.14. The minimum atomic E-state index is -0.632. The van der Waals surface area contributed by atoms with Crippen LogP contribution in [0.25, 0.3) is 0 Å². The van der Waals surface area contributed by atoms with E-state index >= 15 is 0 Å². The zero-order chi connectivity index (χ0) is 22.7. The molecule has 2 aliphatic heterocycles. The van der Waals surface area contributed by atoms with Crippen LogP contribution in [0.3, 0.4) is 0 Å². The van der Waals surface area contributed by atoms with Gasteiger partial charge in [0, 0.05) is 0 Å². The summed E-state index contributed by atoms with van der Waals surface area (Å²) >= 11 is 1.40. The summed E-state index contributed by atoms with van der Waals surface area (Å²) in [6, 6.07) is 4.89. The fourth-order valence-electron chi connectivity index (χ4n) is 3.54. The number of aliphatic imine (C=N–C) groups is 1. The van der Waals surface area contributed by atoms with Crippen LogP contribution in [0.5, 0.6) is 11.5 Å². The van der Waals surface area contributed by atoms with E-state index in [0.29, 0.717) is 47.8 Å². The van der Waals surface area contributed by atoms with Gasteiger partial charge < -0.3 is 14.2 Å². The van der Waals surface area contributed by atoms with Gasteiger partial charge in [-0.15, -0.1) is 0 Å². The van der Waals surface area contributed by atoms with E-state index in [1.165, 1.54) is 11.8 Å². The Kier molecular flexibility index (Phi) is 7.30. The van der Waals surface area contributed by atoms with Gasteiger partial charge in [0.25, 0.3) is 0 Å². The largest absolute Gasteiger partial charge is 0.490 e. The molecule has 7 nitrogen and oxygen atoms in total. The summed E-state index contributed by atoms with van der Waals surface area (Å²) in [7, 11) is 0. The Morgan fingerprint density at radius 1 is 1.19 bits per heavy atom.